The Hall–Kier alpha value is -2.44. The molecule has 5 nitrogen and oxygen atoms in total. The second kappa shape index (κ2) is 6.76. The van der Waals surface area contributed by atoms with Gasteiger partial charge in [0.05, 0.1) is 0 Å². The monoisotopic (exact) mass is 346 g/mol. The lowest BCUT2D eigenvalue weighted by molar-refractivity contribution is 0.103. The molecule has 0 unspecified atom stereocenters. The first-order valence-electron chi connectivity index (χ1n) is 6.69. The Kier molecular flexibility index (Phi) is 4.55. The van der Waals surface area contributed by atoms with Crippen molar-refractivity contribution >= 4 is 29.6 Å². The van der Waals surface area contributed by atoms with E-state index in [-0.39, 0.29) is 17.2 Å². The van der Waals surface area contributed by atoms with Crippen LogP contribution in [0.4, 0.5) is 0 Å². The van der Waals surface area contributed by atoms with Crippen LogP contribution in [0.3, 0.4) is 0 Å². The summed E-state index contributed by atoms with van der Waals surface area (Å²) in [6, 6.07) is 13.6. The minimum absolute atomic E-state index is 0.0999. The molecule has 3 aromatic rings. The molecule has 0 aliphatic carbocycles. The van der Waals surface area contributed by atoms with Crippen LogP contribution in [-0.2, 0) is 6.61 Å². The third-order valence-electron chi connectivity index (χ3n) is 3.05. The number of rotatable bonds is 5. The minimum atomic E-state index is -0.0999. The zero-order valence-corrected chi connectivity index (χ0v) is 13.4. The second-order valence-corrected chi connectivity index (χ2v) is 5.47. The van der Waals surface area contributed by atoms with Gasteiger partial charge < -0.3 is 9.15 Å². The predicted molar refractivity (Wildman–Crippen MR) is 87.3 cm³/mol. The number of ether oxygens (including phenoxy) is 1. The fraction of sp³-hybridized carbons (Fsp3) is 0.0625. The molecule has 0 aliphatic rings. The molecule has 0 atom stereocenters. The van der Waals surface area contributed by atoms with Crippen LogP contribution < -0.4 is 4.74 Å². The van der Waals surface area contributed by atoms with E-state index in [1.807, 2.05) is 0 Å². The van der Waals surface area contributed by atoms with Gasteiger partial charge >= 0.3 is 0 Å². The second-order valence-electron chi connectivity index (χ2n) is 4.66. The smallest absolute Gasteiger partial charge is 0.284 e. The maximum absolute atomic E-state index is 12.4. The van der Waals surface area contributed by atoms with Gasteiger partial charge in [-0.05, 0) is 48.6 Å². The number of carbonyl (C=O) groups is 1. The lowest BCUT2D eigenvalue weighted by Gasteiger charge is -2.05. The maximum Gasteiger partial charge on any atom is 0.284 e. The standard InChI is InChI=1S/C16H11ClN2O3S/c17-12-3-1-2-11(8-12)15(20)10-4-6-13(7-5-10)21-9-14-18-19-16(23)22-14/h1-8H,9H2,(H,19,23). The molecule has 0 amide bonds. The molecule has 0 saturated heterocycles. The Balaban J connectivity index is 1.69. The number of nitrogens with one attached hydrogen (secondary N) is 1. The summed E-state index contributed by atoms with van der Waals surface area (Å²) in [6.07, 6.45) is 0. The molecule has 2 aromatic carbocycles. The number of hydrogen-bond acceptors (Lipinski definition) is 5. The summed E-state index contributed by atoms with van der Waals surface area (Å²) >= 11 is 10.7. The van der Waals surface area contributed by atoms with Crippen molar-refractivity contribution in [1.82, 2.24) is 10.2 Å². The van der Waals surface area contributed by atoms with E-state index in [0.29, 0.717) is 27.8 Å². The third kappa shape index (κ3) is 3.85. The van der Waals surface area contributed by atoms with Crippen molar-refractivity contribution < 1.29 is 13.9 Å². The summed E-state index contributed by atoms with van der Waals surface area (Å²) < 4.78 is 10.6. The molecule has 0 bridgehead atoms. The molecule has 1 aromatic heterocycles. The first-order chi connectivity index (χ1) is 11.1. The van der Waals surface area contributed by atoms with Gasteiger partial charge in [0, 0.05) is 16.1 Å². The topological polar surface area (TPSA) is 68.1 Å². The average Bonchev–Trinajstić information content (AvgIpc) is 2.98. The van der Waals surface area contributed by atoms with Gasteiger partial charge in [0.2, 0.25) is 0 Å². The van der Waals surface area contributed by atoms with Crippen LogP contribution in [0, 0.1) is 4.84 Å². The van der Waals surface area contributed by atoms with E-state index in [0.717, 1.165) is 0 Å². The van der Waals surface area contributed by atoms with E-state index >= 15 is 0 Å². The molecule has 0 saturated carbocycles. The number of carbonyl (C=O) groups excluding carboxylic acids is 1. The van der Waals surface area contributed by atoms with Crippen LogP contribution in [0.15, 0.2) is 52.9 Å². The first kappa shape index (κ1) is 15.5. The fourth-order valence-corrected chi connectivity index (χ4v) is 2.30. The maximum atomic E-state index is 12.4. The number of benzene rings is 2. The largest absolute Gasteiger partial charge is 0.484 e. The van der Waals surface area contributed by atoms with E-state index in [1.54, 1.807) is 48.5 Å². The zero-order valence-electron chi connectivity index (χ0n) is 11.8. The van der Waals surface area contributed by atoms with Crippen molar-refractivity contribution in [3.63, 3.8) is 0 Å². The van der Waals surface area contributed by atoms with Crippen LogP contribution in [0.2, 0.25) is 5.02 Å². The minimum Gasteiger partial charge on any atom is -0.484 e. The number of hydrogen-bond donors (Lipinski definition) is 1. The van der Waals surface area contributed by atoms with Crippen molar-refractivity contribution in [2.75, 3.05) is 0 Å². The van der Waals surface area contributed by atoms with Gasteiger partial charge in [-0.2, -0.15) is 0 Å². The van der Waals surface area contributed by atoms with Gasteiger partial charge in [0.25, 0.3) is 10.7 Å². The van der Waals surface area contributed by atoms with Crippen LogP contribution >= 0.6 is 23.8 Å². The Morgan fingerprint density at radius 3 is 2.65 bits per heavy atom. The Morgan fingerprint density at radius 2 is 2.00 bits per heavy atom. The Bertz CT molecular complexity index is 887. The van der Waals surface area contributed by atoms with Gasteiger partial charge in [-0.15, -0.1) is 5.10 Å². The van der Waals surface area contributed by atoms with E-state index in [1.165, 1.54) is 0 Å². The summed E-state index contributed by atoms with van der Waals surface area (Å²) in [4.78, 5) is 12.6. The van der Waals surface area contributed by atoms with Crippen molar-refractivity contribution in [3.05, 3.63) is 75.4 Å². The number of H-pyrrole nitrogens is 1. The highest BCUT2D eigenvalue weighted by atomic mass is 35.5. The van der Waals surface area contributed by atoms with Crippen LogP contribution in [0.5, 0.6) is 5.75 Å². The molecule has 0 radical (unpaired) electrons. The molecule has 7 heteroatoms. The molecule has 116 valence electrons. The molecule has 0 aliphatic heterocycles. The lowest BCUT2D eigenvalue weighted by atomic mass is 10.0. The van der Waals surface area contributed by atoms with E-state index in [9.17, 15) is 4.79 Å². The molecule has 3 rings (SSSR count). The normalized spacial score (nSPS) is 10.5. The lowest BCUT2D eigenvalue weighted by Crippen LogP contribution is -2.01. The highest BCUT2D eigenvalue weighted by Gasteiger charge is 2.10. The number of aromatic amines is 1. The number of nitrogens with zero attached hydrogens (tertiary/aromatic N) is 1. The summed E-state index contributed by atoms with van der Waals surface area (Å²) in [6.45, 7) is 0.148. The molecule has 1 N–H and O–H groups in total. The Labute approximate surface area is 141 Å². The molecular weight excluding hydrogens is 336 g/mol. The quantitative estimate of drug-likeness (QED) is 0.554. The number of ketones is 1. The van der Waals surface area contributed by atoms with Crippen LogP contribution in [0.25, 0.3) is 0 Å². The van der Waals surface area contributed by atoms with Crippen molar-refractivity contribution in [1.29, 1.82) is 0 Å². The zero-order chi connectivity index (χ0) is 16.2. The Morgan fingerprint density at radius 1 is 1.22 bits per heavy atom. The summed E-state index contributed by atoms with van der Waals surface area (Å²) in [5, 5.41) is 6.88. The number of aromatic nitrogens is 2. The summed E-state index contributed by atoms with van der Waals surface area (Å²) in [7, 11) is 0. The highest BCUT2D eigenvalue weighted by molar-refractivity contribution is 7.71. The molecule has 23 heavy (non-hydrogen) atoms. The molecular formula is C16H11ClN2O3S. The molecule has 0 fully saturated rings. The van der Waals surface area contributed by atoms with Crippen molar-refractivity contribution in [3.8, 4) is 5.75 Å². The van der Waals surface area contributed by atoms with Gasteiger partial charge in [-0.1, -0.05) is 23.7 Å². The van der Waals surface area contributed by atoms with E-state index in [2.05, 4.69) is 10.2 Å². The predicted octanol–water partition coefficient (Wildman–Crippen LogP) is 4.20. The van der Waals surface area contributed by atoms with Gasteiger partial charge in [0.1, 0.15) is 5.75 Å². The molecule has 1 heterocycles. The number of halogens is 1. The molecule has 0 spiro atoms. The first-order valence-corrected chi connectivity index (χ1v) is 7.48. The average molecular weight is 347 g/mol. The van der Waals surface area contributed by atoms with Crippen LogP contribution in [-0.4, -0.2) is 16.0 Å². The van der Waals surface area contributed by atoms with Gasteiger partial charge in [-0.3, -0.25) is 4.79 Å². The van der Waals surface area contributed by atoms with Crippen LogP contribution in [0.1, 0.15) is 21.8 Å². The summed E-state index contributed by atoms with van der Waals surface area (Å²) in [5.41, 5.74) is 1.09. The highest BCUT2D eigenvalue weighted by Crippen LogP contribution is 2.18. The van der Waals surface area contributed by atoms with Gasteiger partial charge in [-0.25, -0.2) is 5.10 Å². The van der Waals surface area contributed by atoms with Gasteiger partial charge in [0.15, 0.2) is 12.4 Å². The van der Waals surface area contributed by atoms with Crippen molar-refractivity contribution in [2.24, 2.45) is 0 Å². The van der Waals surface area contributed by atoms with E-state index < -0.39 is 0 Å². The summed E-state index contributed by atoms with van der Waals surface area (Å²) in [5.74, 6) is 0.850. The third-order valence-corrected chi connectivity index (χ3v) is 3.46. The SMILES string of the molecule is O=C(c1ccc(OCc2n[nH]c(=S)o2)cc1)c1cccc(Cl)c1. The van der Waals surface area contributed by atoms with E-state index in [4.69, 9.17) is 33.0 Å². The van der Waals surface area contributed by atoms with Crippen molar-refractivity contribution in [2.45, 2.75) is 6.61 Å². The fourth-order valence-electron chi connectivity index (χ4n) is 1.97.